The average molecular weight is 330 g/mol. The molecule has 0 bridgehead atoms. The quantitative estimate of drug-likeness (QED) is 0.403. The van der Waals surface area contributed by atoms with Crippen LogP contribution >= 0.6 is 24.0 Å². The Morgan fingerprint density at radius 3 is 2.82 bits per heavy atom. The van der Waals surface area contributed by atoms with Crippen LogP contribution < -0.4 is 5.56 Å². The minimum atomic E-state index is -0.0883. The number of fused-ring (bicyclic) bond motifs is 1. The summed E-state index contributed by atoms with van der Waals surface area (Å²) in [7, 11) is 0. The molecule has 2 heterocycles. The number of para-hydroxylation sites is 1. The molecule has 3 aromatic rings. The van der Waals surface area contributed by atoms with E-state index in [-0.39, 0.29) is 10.4 Å². The number of rotatable bonds is 5. The molecule has 3 rings (SSSR count). The summed E-state index contributed by atoms with van der Waals surface area (Å²) in [6, 6.07) is 13.0. The first kappa shape index (κ1) is 15.0. The lowest BCUT2D eigenvalue weighted by Gasteiger charge is -2.06. The Bertz CT molecular complexity index is 888. The van der Waals surface area contributed by atoms with Gasteiger partial charge in [-0.25, -0.2) is 4.98 Å². The minimum absolute atomic E-state index is 0.0883. The summed E-state index contributed by atoms with van der Waals surface area (Å²) in [4.78, 5) is 16.9. The van der Waals surface area contributed by atoms with Gasteiger partial charge in [0.15, 0.2) is 0 Å². The van der Waals surface area contributed by atoms with Crippen molar-refractivity contribution in [1.82, 2.24) is 9.55 Å². The molecule has 6 heteroatoms. The first-order valence-corrected chi connectivity index (χ1v) is 8.31. The van der Waals surface area contributed by atoms with E-state index in [1.807, 2.05) is 30.3 Å². The zero-order chi connectivity index (χ0) is 15.4. The summed E-state index contributed by atoms with van der Waals surface area (Å²) in [5.74, 6) is 0.866. The van der Waals surface area contributed by atoms with E-state index in [4.69, 9.17) is 16.6 Å². The van der Waals surface area contributed by atoms with Gasteiger partial charge in [0.25, 0.3) is 10.4 Å². The lowest BCUT2D eigenvalue weighted by Crippen LogP contribution is -2.21. The largest absolute Gasteiger partial charge is 0.431 e. The molecule has 112 valence electrons. The van der Waals surface area contributed by atoms with Gasteiger partial charge in [-0.15, -0.1) is 11.8 Å². The fourth-order valence-corrected chi connectivity index (χ4v) is 3.19. The van der Waals surface area contributed by atoms with Crippen molar-refractivity contribution in [3.8, 4) is 0 Å². The van der Waals surface area contributed by atoms with Gasteiger partial charge in [0.05, 0.1) is 10.4 Å². The Kier molecular flexibility index (Phi) is 4.70. The molecule has 0 N–H and O–H groups in total. The van der Waals surface area contributed by atoms with E-state index in [9.17, 15) is 4.79 Å². The Hall–Kier alpha value is -1.92. The summed E-state index contributed by atoms with van der Waals surface area (Å²) in [5, 5.41) is 1.55. The van der Waals surface area contributed by atoms with Crippen molar-refractivity contribution < 1.29 is 4.42 Å². The molecule has 0 saturated heterocycles. The first-order valence-electron chi connectivity index (χ1n) is 6.92. The Balaban J connectivity index is 1.72. The third-order valence-corrected chi connectivity index (χ3v) is 4.53. The van der Waals surface area contributed by atoms with Gasteiger partial charge >= 0.3 is 0 Å². The van der Waals surface area contributed by atoms with Gasteiger partial charge < -0.3 is 4.42 Å². The molecule has 22 heavy (non-hydrogen) atoms. The van der Waals surface area contributed by atoms with Gasteiger partial charge in [0.1, 0.15) is 5.58 Å². The number of pyridine rings is 1. The summed E-state index contributed by atoms with van der Waals surface area (Å²) >= 11 is 6.85. The van der Waals surface area contributed by atoms with Crippen molar-refractivity contribution in [3.63, 3.8) is 0 Å². The van der Waals surface area contributed by atoms with Crippen molar-refractivity contribution >= 4 is 34.9 Å². The molecule has 0 unspecified atom stereocenters. The van der Waals surface area contributed by atoms with Crippen LogP contribution in [0.4, 0.5) is 0 Å². The van der Waals surface area contributed by atoms with E-state index in [0.717, 1.165) is 17.2 Å². The van der Waals surface area contributed by atoms with E-state index in [2.05, 4.69) is 4.98 Å². The third kappa shape index (κ3) is 3.28. The minimum Gasteiger partial charge on any atom is -0.431 e. The van der Waals surface area contributed by atoms with E-state index >= 15 is 0 Å². The number of benzene rings is 1. The van der Waals surface area contributed by atoms with Crippen LogP contribution in [0, 0.1) is 4.84 Å². The highest BCUT2D eigenvalue weighted by atomic mass is 32.2. The highest BCUT2D eigenvalue weighted by Crippen LogP contribution is 2.15. The second-order valence-electron chi connectivity index (χ2n) is 4.69. The number of hydrogen-bond donors (Lipinski definition) is 0. The number of hydrogen-bond acceptors (Lipinski definition) is 5. The maximum Gasteiger partial charge on any atom is 0.271 e. The predicted molar refractivity (Wildman–Crippen MR) is 90.9 cm³/mol. The van der Waals surface area contributed by atoms with Crippen LogP contribution in [-0.4, -0.2) is 15.3 Å². The summed E-state index contributed by atoms with van der Waals surface area (Å²) in [6.45, 7) is 0.547. The maximum atomic E-state index is 12.4. The molecule has 0 fully saturated rings. The molecule has 0 amide bonds. The Morgan fingerprint density at radius 2 is 2.00 bits per heavy atom. The lowest BCUT2D eigenvalue weighted by atomic mass is 10.2. The molecule has 0 spiro atoms. The normalized spacial score (nSPS) is 10.9. The maximum absolute atomic E-state index is 12.4. The van der Waals surface area contributed by atoms with Crippen molar-refractivity contribution in [2.75, 3.05) is 5.75 Å². The zero-order valence-electron chi connectivity index (χ0n) is 11.8. The predicted octanol–water partition coefficient (Wildman–Crippen LogP) is 3.90. The summed E-state index contributed by atoms with van der Waals surface area (Å²) in [5.41, 5.74) is 0.450. The molecular formula is C16H14N2O2S2. The molecule has 2 aromatic heterocycles. The molecule has 0 saturated carbocycles. The first-order chi connectivity index (χ1) is 10.8. The molecule has 1 aromatic carbocycles. The smallest absolute Gasteiger partial charge is 0.271 e. The van der Waals surface area contributed by atoms with Gasteiger partial charge in [0.2, 0.25) is 0 Å². The fraction of sp³-hybridized carbons (Fsp3) is 0.188. The van der Waals surface area contributed by atoms with Gasteiger partial charge in [0, 0.05) is 18.5 Å². The second kappa shape index (κ2) is 6.89. The van der Waals surface area contributed by atoms with Crippen LogP contribution in [0.25, 0.3) is 11.0 Å². The van der Waals surface area contributed by atoms with Crippen molar-refractivity contribution in [2.24, 2.45) is 0 Å². The van der Waals surface area contributed by atoms with Crippen LogP contribution in [0.1, 0.15) is 6.42 Å². The Labute approximate surface area is 136 Å². The molecule has 0 aliphatic carbocycles. The van der Waals surface area contributed by atoms with Crippen molar-refractivity contribution in [3.05, 3.63) is 63.9 Å². The third-order valence-electron chi connectivity index (χ3n) is 3.19. The highest BCUT2D eigenvalue weighted by Gasteiger charge is 2.06. The molecule has 4 nitrogen and oxygen atoms in total. The molecule has 0 atom stereocenters. The van der Waals surface area contributed by atoms with E-state index in [0.29, 0.717) is 17.5 Å². The number of aromatic nitrogens is 2. The highest BCUT2D eigenvalue weighted by molar-refractivity contribution is 7.99. The van der Waals surface area contributed by atoms with Gasteiger partial charge in [-0.2, -0.15) is 0 Å². The van der Waals surface area contributed by atoms with E-state index < -0.39 is 0 Å². The van der Waals surface area contributed by atoms with Crippen LogP contribution in [0.5, 0.6) is 0 Å². The summed E-state index contributed by atoms with van der Waals surface area (Å²) in [6.07, 6.45) is 2.59. The monoisotopic (exact) mass is 330 g/mol. The fourth-order valence-electron chi connectivity index (χ4n) is 2.13. The molecule has 0 radical (unpaired) electrons. The summed E-state index contributed by atoms with van der Waals surface area (Å²) < 4.78 is 7.07. The van der Waals surface area contributed by atoms with Crippen LogP contribution in [0.3, 0.4) is 0 Å². The van der Waals surface area contributed by atoms with Crippen LogP contribution in [-0.2, 0) is 6.54 Å². The van der Waals surface area contributed by atoms with Gasteiger partial charge in [-0.1, -0.05) is 18.2 Å². The van der Waals surface area contributed by atoms with Gasteiger partial charge in [-0.05, 0) is 42.9 Å². The number of thioether (sulfide) groups is 1. The van der Waals surface area contributed by atoms with Crippen LogP contribution in [0.15, 0.2) is 62.9 Å². The molecule has 0 aliphatic heterocycles. The Morgan fingerprint density at radius 1 is 1.18 bits per heavy atom. The van der Waals surface area contributed by atoms with Crippen molar-refractivity contribution in [2.45, 2.75) is 18.0 Å². The van der Waals surface area contributed by atoms with E-state index in [1.165, 1.54) is 4.57 Å². The standard InChI is InChI=1S/C16H14N2O2S2/c19-15-12-6-1-2-7-13(12)20-16(21)18(15)10-5-11-22-14-8-3-4-9-17-14/h1-4,6-9H,5,10-11H2. The second-order valence-corrected chi connectivity index (χ2v) is 6.16. The van der Waals surface area contributed by atoms with E-state index in [1.54, 1.807) is 30.1 Å². The average Bonchev–Trinajstić information content (AvgIpc) is 2.55. The van der Waals surface area contributed by atoms with Crippen LogP contribution in [0.2, 0.25) is 0 Å². The molecular weight excluding hydrogens is 316 g/mol. The lowest BCUT2D eigenvalue weighted by molar-refractivity contribution is 0.482. The topological polar surface area (TPSA) is 48.0 Å². The van der Waals surface area contributed by atoms with Gasteiger partial charge in [-0.3, -0.25) is 9.36 Å². The SMILES string of the molecule is O=c1c2ccccc2oc(=S)n1CCCSc1ccccn1. The zero-order valence-corrected chi connectivity index (χ0v) is 13.4. The van der Waals surface area contributed by atoms with Crippen molar-refractivity contribution in [1.29, 1.82) is 0 Å². The number of nitrogens with zero attached hydrogens (tertiary/aromatic N) is 2. The molecule has 0 aliphatic rings.